The summed E-state index contributed by atoms with van der Waals surface area (Å²) in [7, 11) is 3.30. The largest absolute Gasteiger partial charge is 0.478 e. The molecule has 0 heterocycles. The lowest BCUT2D eigenvalue weighted by atomic mass is 10.2. The number of hydrogen-bond donors (Lipinski definition) is 1. The van der Waals surface area contributed by atoms with Gasteiger partial charge in [-0.25, -0.2) is 4.79 Å². The van der Waals surface area contributed by atoms with E-state index in [1.54, 1.807) is 26.4 Å². The van der Waals surface area contributed by atoms with Crippen LogP contribution in [0, 0.1) is 0 Å². The third kappa shape index (κ3) is 5.00. The number of hydrogen-bond acceptors (Lipinski definition) is 4. The molecule has 0 aliphatic rings. The number of aromatic carboxylic acids is 1. The lowest BCUT2D eigenvalue weighted by Crippen LogP contribution is -2.29. The van der Waals surface area contributed by atoms with Crippen LogP contribution in [-0.2, 0) is 9.47 Å². The average molecular weight is 302 g/mol. The lowest BCUT2D eigenvalue weighted by molar-refractivity contribution is 0.0697. The van der Waals surface area contributed by atoms with Crippen LogP contribution in [-0.4, -0.2) is 51.6 Å². The third-order valence-corrected chi connectivity index (χ3v) is 3.18. The molecule has 1 rings (SSSR count). The minimum Gasteiger partial charge on any atom is -0.478 e. The number of ether oxygens (including phenoxy) is 2. The highest BCUT2D eigenvalue weighted by molar-refractivity contribution is 6.33. The van der Waals surface area contributed by atoms with Gasteiger partial charge in [0, 0.05) is 33.9 Å². The summed E-state index contributed by atoms with van der Waals surface area (Å²) in [4.78, 5) is 13.0. The molecule has 5 nitrogen and oxygen atoms in total. The predicted octanol–water partition coefficient (Wildman–Crippen LogP) is 2.53. The Labute approximate surface area is 124 Å². The Morgan fingerprint density at radius 2 is 1.95 bits per heavy atom. The van der Waals surface area contributed by atoms with Gasteiger partial charge in [0.1, 0.15) is 0 Å². The highest BCUT2D eigenvalue weighted by atomic mass is 35.5. The van der Waals surface area contributed by atoms with E-state index in [1.165, 1.54) is 6.07 Å². The fourth-order valence-electron chi connectivity index (χ4n) is 1.85. The van der Waals surface area contributed by atoms with Crippen LogP contribution in [0.1, 0.15) is 16.8 Å². The monoisotopic (exact) mass is 301 g/mol. The minimum atomic E-state index is -0.985. The molecule has 1 aromatic rings. The zero-order valence-corrected chi connectivity index (χ0v) is 12.5. The molecule has 0 amide bonds. The molecule has 0 aromatic heterocycles. The maximum Gasteiger partial charge on any atom is 0.335 e. The summed E-state index contributed by atoms with van der Waals surface area (Å²) >= 11 is 6.18. The molecule has 0 unspecified atom stereocenters. The Kier molecular flexibility index (Phi) is 7.36. The van der Waals surface area contributed by atoms with E-state index in [2.05, 4.69) is 4.90 Å². The molecule has 0 saturated carbocycles. The first-order valence-corrected chi connectivity index (χ1v) is 6.73. The number of carboxylic acids is 1. The summed E-state index contributed by atoms with van der Waals surface area (Å²) < 4.78 is 10.1. The van der Waals surface area contributed by atoms with E-state index in [1.807, 2.05) is 0 Å². The molecule has 6 heteroatoms. The van der Waals surface area contributed by atoms with Crippen LogP contribution in [0.3, 0.4) is 0 Å². The van der Waals surface area contributed by atoms with Crippen molar-refractivity contribution in [1.29, 1.82) is 0 Å². The SMILES string of the molecule is COCCCN(CCOC)c1ccc(C(=O)O)cc1Cl. The third-order valence-electron chi connectivity index (χ3n) is 2.88. The Bertz CT molecular complexity index is 439. The van der Waals surface area contributed by atoms with Gasteiger partial charge in [-0.2, -0.15) is 0 Å². The van der Waals surface area contributed by atoms with E-state index >= 15 is 0 Å². The predicted molar refractivity (Wildman–Crippen MR) is 79.0 cm³/mol. The van der Waals surface area contributed by atoms with Crippen molar-refractivity contribution in [2.45, 2.75) is 6.42 Å². The van der Waals surface area contributed by atoms with Crippen LogP contribution >= 0.6 is 11.6 Å². The minimum absolute atomic E-state index is 0.183. The lowest BCUT2D eigenvalue weighted by Gasteiger charge is -2.25. The quantitative estimate of drug-likeness (QED) is 0.710. The van der Waals surface area contributed by atoms with Crippen LogP contribution in [0.2, 0.25) is 5.02 Å². The standard InChI is InChI=1S/C14H20ClNO4/c1-19-8-3-6-16(7-9-20-2)13-5-4-11(14(17)18)10-12(13)15/h4-5,10H,3,6-9H2,1-2H3,(H,17,18). The summed E-state index contributed by atoms with van der Waals surface area (Å²) in [6.07, 6.45) is 0.858. The van der Waals surface area contributed by atoms with Crippen LogP contribution in [0.15, 0.2) is 18.2 Å². The van der Waals surface area contributed by atoms with E-state index < -0.39 is 5.97 Å². The Morgan fingerprint density at radius 1 is 1.25 bits per heavy atom. The molecule has 0 atom stereocenters. The normalized spacial score (nSPS) is 10.6. The molecule has 0 aliphatic heterocycles. The van der Waals surface area contributed by atoms with Crippen molar-refractivity contribution < 1.29 is 19.4 Å². The number of carboxylic acid groups (broad SMARTS) is 1. The zero-order chi connectivity index (χ0) is 15.0. The molecule has 112 valence electrons. The van der Waals surface area contributed by atoms with Gasteiger partial charge >= 0.3 is 5.97 Å². The van der Waals surface area contributed by atoms with Crippen LogP contribution in [0.25, 0.3) is 0 Å². The smallest absolute Gasteiger partial charge is 0.335 e. The van der Waals surface area contributed by atoms with Crippen molar-refractivity contribution in [3.05, 3.63) is 28.8 Å². The highest BCUT2D eigenvalue weighted by Gasteiger charge is 2.13. The average Bonchev–Trinajstić information content (AvgIpc) is 2.43. The van der Waals surface area contributed by atoms with Crippen LogP contribution in [0.4, 0.5) is 5.69 Å². The first-order chi connectivity index (χ1) is 9.60. The van der Waals surface area contributed by atoms with Crippen molar-refractivity contribution >= 4 is 23.3 Å². The van der Waals surface area contributed by atoms with Crippen LogP contribution < -0.4 is 4.90 Å². The molecule has 20 heavy (non-hydrogen) atoms. The number of nitrogens with zero attached hydrogens (tertiary/aromatic N) is 1. The van der Waals surface area contributed by atoms with E-state index in [9.17, 15) is 4.79 Å². The van der Waals surface area contributed by atoms with E-state index in [0.29, 0.717) is 24.8 Å². The molecule has 0 radical (unpaired) electrons. The molecule has 0 aliphatic carbocycles. The van der Waals surface area contributed by atoms with Gasteiger partial charge in [0.05, 0.1) is 22.9 Å². The zero-order valence-electron chi connectivity index (χ0n) is 11.8. The maximum absolute atomic E-state index is 10.9. The molecule has 0 spiro atoms. The van der Waals surface area contributed by atoms with Crippen molar-refractivity contribution in [1.82, 2.24) is 0 Å². The number of carbonyl (C=O) groups is 1. The van der Waals surface area contributed by atoms with Crippen molar-refractivity contribution in [2.24, 2.45) is 0 Å². The first-order valence-electron chi connectivity index (χ1n) is 6.35. The maximum atomic E-state index is 10.9. The van der Waals surface area contributed by atoms with Gasteiger partial charge in [0.2, 0.25) is 0 Å². The molecule has 1 N–H and O–H groups in total. The van der Waals surface area contributed by atoms with Crippen molar-refractivity contribution in [2.75, 3.05) is 45.4 Å². The fourth-order valence-corrected chi connectivity index (χ4v) is 2.15. The first kappa shape index (κ1) is 16.8. The molecule has 0 fully saturated rings. The van der Waals surface area contributed by atoms with Gasteiger partial charge in [-0.3, -0.25) is 0 Å². The van der Waals surface area contributed by atoms with Crippen molar-refractivity contribution in [3.63, 3.8) is 0 Å². The number of methoxy groups -OCH3 is 2. The van der Waals surface area contributed by atoms with Gasteiger partial charge in [0.25, 0.3) is 0 Å². The highest BCUT2D eigenvalue weighted by Crippen LogP contribution is 2.27. The van der Waals surface area contributed by atoms with E-state index in [4.69, 9.17) is 26.2 Å². The molecular weight excluding hydrogens is 282 g/mol. The fraction of sp³-hybridized carbons (Fsp3) is 0.500. The summed E-state index contributed by atoms with van der Waals surface area (Å²) in [6.45, 7) is 2.69. The molecular formula is C14H20ClNO4. The number of halogens is 1. The van der Waals surface area contributed by atoms with E-state index in [0.717, 1.165) is 18.7 Å². The van der Waals surface area contributed by atoms with Gasteiger partial charge in [-0.05, 0) is 24.6 Å². The Balaban J connectivity index is 2.85. The summed E-state index contributed by atoms with van der Waals surface area (Å²) in [5, 5.41) is 9.37. The summed E-state index contributed by atoms with van der Waals surface area (Å²) in [5.41, 5.74) is 0.993. The van der Waals surface area contributed by atoms with Gasteiger partial charge in [0.15, 0.2) is 0 Å². The topological polar surface area (TPSA) is 59.0 Å². The van der Waals surface area contributed by atoms with E-state index in [-0.39, 0.29) is 5.56 Å². The van der Waals surface area contributed by atoms with Gasteiger partial charge < -0.3 is 19.5 Å². The number of anilines is 1. The Hall–Kier alpha value is -1.30. The number of benzene rings is 1. The molecule has 0 saturated heterocycles. The summed E-state index contributed by atoms with van der Waals surface area (Å²) in [6, 6.07) is 4.75. The van der Waals surface area contributed by atoms with Gasteiger partial charge in [-0.1, -0.05) is 11.6 Å². The van der Waals surface area contributed by atoms with Crippen molar-refractivity contribution in [3.8, 4) is 0 Å². The Morgan fingerprint density at radius 3 is 2.50 bits per heavy atom. The van der Waals surface area contributed by atoms with Crippen LogP contribution in [0.5, 0.6) is 0 Å². The second-order valence-corrected chi connectivity index (χ2v) is 4.70. The number of rotatable bonds is 9. The summed E-state index contributed by atoms with van der Waals surface area (Å²) in [5.74, 6) is -0.985. The second-order valence-electron chi connectivity index (χ2n) is 4.30. The second kappa shape index (κ2) is 8.79. The molecule has 1 aromatic carbocycles. The molecule has 0 bridgehead atoms. The van der Waals surface area contributed by atoms with Gasteiger partial charge in [-0.15, -0.1) is 0 Å².